The Kier molecular flexibility index (Phi) is 4.85. The van der Waals surface area contributed by atoms with E-state index in [1.807, 2.05) is 17.8 Å². The van der Waals surface area contributed by atoms with E-state index < -0.39 is 0 Å². The molecule has 0 heterocycles. The zero-order valence-electron chi connectivity index (χ0n) is 10.7. The molecule has 2 aromatic rings. The minimum Gasteiger partial charge on any atom is -0.312 e. The van der Waals surface area contributed by atoms with Gasteiger partial charge in [0.05, 0.1) is 0 Å². The van der Waals surface area contributed by atoms with E-state index in [0.29, 0.717) is 5.25 Å². The van der Waals surface area contributed by atoms with Crippen LogP contribution in [0, 0.1) is 0 Å². The summed E-state index contributed by atoms with van der Waals surface area (Å²) in [6.07, 6.45) is 1.90. The summed E-state index contributed by atoms with van der Waals surface area (Å²) in [7, 11) is 0. The number of thioether (sulfide) groups is 1. The molecule has 0 saturated carbocycles. The molecule has 0 aliphatic rings. The van der Waals surface area contributed by atoms with E-state index in [1.165, 1.54) is 15.7 Å². The summed E-state index contributed by atoms with van der Waals surface area (Å²) >= 11 is 1.91. The standard InChI is InChI=1S/C16H19NS/c1-3-10-17-12-13(2)18-16-9-8-14-6-4-5-7-15(14)11-16/h3-9,11,13,17H,1,10,12H2,2H3. The van der Waals surface area contributed by atoms with Gasteiger partial charge in [0, 0.05) is 23.2 Å². The second-order valence-corrected chi connectivity index (χ2v) is 5.90. The second kappa shape index (κ2) is 6.62. The Hall–Kier alpha value is -1.25. The molecule has 2 heteroatoms. The van der Waals surface area contributed by atoms with Gasteiger partial charge < -0.3 is 5.32 Å². The first-order valence-corrected chi connectivity index (χ1v) is 7.14. The highest BCUT2D eigenvalue weighted by Gasteiger charge is 2.04. The van der Waals surface area contributed by atoms with E-state index in [1.54, 1.807) is 0 Å². The minimum absolute atomic E-state index is 0.561. The van der Waals surface area contributed by atoms with Gasteiger partial charge >= 0.3 is 0 Å². The molecule has 18 heavy (non-hydrogen) atoms. The molecule has 0 spiro atoms. The van der Waals surface area contributed by atoms with Gasteiger partial charge in [-0.25, -0.2) is 0 Å². The molecule has 1 atom stereocenters. The first-order valence-electron chi connectivity index (χ1n) is 6.26. The summed E-state index contributed by atoms with van der Waals surface area (Å²) in [5.74, 6) is 0. The largest absolute Gasteiger partial charge is 0.312 e. The number of nitrogens with one attached hydrogen (secondary N) is 1. The average molecular weight is 257 g/mol. The molecule has 0 fully saturated rings. The Labute approximate surface area is 113 Å². The van der Waals surface area contributed by atoms with Gasteiger partial charge in [-0.15, -0.1) is 18.3 Å². The van der Waals surface area contributed by atoms with Crippen molar-refractivity contribution in [1.82, 2.24) is 5.32 Å². The van der Waals surface area contributed by atoms with E-state index in [9.17, 15) is 0 Å². The van der Waals surface area contributed by atoms with Crippen LogP contribution in [0.5, 0.6) is 0 Å². The van der Waals surface area contributed by atoms with Crippen LogP contribution in [0.4, 0.5) is 0 Å². The number of hydrogen-bond donors (Lipinski definition) is 1. The van der Waals surface area contributed by atoms with Gasteiger partial charge in [0.2, 0.25) is 0 Å². The van der Waals surface area contributed by atoms with Crippen LogP contribution < -0.4 is 5.32 Å². The van der Waals surface area contributed by atoms with Gasteiger partial charge in [0.15, 0.2) is 0 Å². The predicted molar refractivity (Wildman–Crippen MR) is 82.3 cm³/mol. The van der Waals surface area contributed by atoms with E-state index >= 15 is 0 Å². The smallest absolute Gasteiger partial charge is 0.0191 e. The van der Waals surface area contributed by atoms with Crippen molar-refractivity contribution in [3.05, 3.63) is 55.1 Å². The SMILES string of the molecule is C=CCNCC(C)Sc1ccc2ccccc2c1. The highest BCUT2D eigenvalue weighted by molar-refractivity contribution is 8.00. The summed E-state index contributed by atoms with van der Waals surface area (Å²) < 4.78 is 0. The van der Waals surface area contributed by atoms with Crippen molar-refractivity contribution in [3.8, 4) is 0 Å². The van der Waals surface area contributed by atoms with Gasteiger partial charge in [0.25, 0.3) is 0 Å². The van der Waals surface area contributed by atoms with Crippen LogP contribution >= 0.6 is 11.8 Å². The molecule has 0 aromatic heterocycles. The minimum atomic E-state index is 0.561. The lowest BCUT2D eigenvalue weighted by Gasteiger charge is -2.12. The summed E-state index contributed by atoms with van der Waals surface area (Å²) in [6.45, 7) is 7.83. The fraction of sp³-hybridized carbons (Fsp3) is 0.250. The molecule has 94 valence electrons. The summed E-state index contributed by atoms with van der Waals surface area (Å²) in [5, 5.41) is 6.53. The number of hydrogen-bond acceptors (Lipinski definition) is 2. The van der Waals surface area contributed by atoms with Crippen molar-refractivity contribution in [2.45, 2.75) is 17.1 Å². The molecule has 1 unspecified atom stereocenters. The maximum atomic E-state index is 3.71. The lowest BCUT2D eigenvalue weighted by Crippen LogP contribution is -2.22. The van der Waals surface area contributed by atoms with E-state index in [2.05, 4.69) is 61.3 Å². The molecule has 0 amide bonds. The lowest BCUT2D eigenvalue weighted by atomic mass is 10.1. The maximum absolute atomic E-state index is 3.71. The van der Waals surface area contributed by atoms with Crippen LogP contribution in [0.15, 0.2) is 60.0 Å². The zero-order valence-corrected chi connectivity index (χ0v) is 11.5. The molecule has 0 aliphatic carbocycles. The third kappa shape index (κ3) is 3.62. The van der Waals surface area contributed by atoms with E-state index in [-0.39, 0.29) is 0 Å². The van der Waals surface area contributed by atoms with Gasteiger partial charge in [0.1, 0.15) is 0 Å². The number of fused-ring (bicyclic) bond motifs is 1. The number of benzene rings is 2. The van der Waals surface area contributed by atoms with Crippen LogP contribution in [0.25, 0.3) is 10.8 Å². The van der Waals surface area contributed by atoms with E-state index in [0.717, 1.165) is 13.1 Å². The molecule has 2 aromatic carbocycles. The Morgan fingerprint density at radius 2 is 2.00 bits per heavy atom. The van der Waals surface area contributed by atoms with Gasteiger partial charge in [-0.1, -0.05) is 43.3 Å². The van der Waals surface area contributed by atoms with Crippen LogP contribution in [0.1, 0.15) is 6.92 Å². The fourth-order valence-electron chi connectivity index (χ4n) is 1.90. The average Bonchev–Trinajstić information content (AvgIpc) is 2.39. The first-order chi connectivity index (χ1) is 8.79. The Balaban J connectivity index is 2.00. The quantitative estimate of drug-likeness (QED) is 0.475. The third-order valence-electron chi connectivity index (χ3n) is 2.78. The number of rotatable bonds is 6. The highest BCUT2D eigenvalue weighted by Crippen LogP contribution is 2.26. The van der Waals surface area contributed by atoms with Gasteiger partial charge in [-0.3, -0.25) is 0 Å². The molecule has 0 saturated heterocycles. The normalized spacial score (nSPS) is 12.5. The predicted octanol–water partition coefficient (Wildman–Crippen LogP) is 4.10. The van der Waals surface area contributed by atoms with Crippen molar-refractivity contribution in [2.75, 3.05) is 13.1 Å². The summed E-state index contributed by atoms with van der Waals surface area (Å²) in [5.41, 5.74) is 0. The Bertz CT molecular complexity index is 521. The van der Waals surface area contributed by atoms with Crippen LogP contribution in [0.2, 0.25) is 0 Å². The fourth-order valence-corrected chi connectivity index (χ4v) is 2.91. The van der Waals surface area contributed by atoms with Crippen LogP contribution in [-0.2, 0) is 0 Å². The first kappa shape index (κ1) is 13.2. The van der Waals surface area contributed by atoms with Crippen LogP contribution in [0.3, 0.4) is 0 Å². The molecule has 2 rings (SSSR count). The van der Waals surface area contributed by atoms with Crippen molar-refractivity contribution >= 4 is 22.5 Å². The zero-order chi connectivity index (χ0) is 12.8. The lowest BCUT2D eigenvalue weighted by molar-refractivity contribution is 0.740. The van der Waals surface area contributed by atoms with E-state index in [4.69, 9.17) is 0 Å². The molecule has 0 aliphatic heterocycles. The van der Waals surface area contributed by atoms with Crippen molar-refractivity contribution in [2.24, 2.45) is 0 Å². The van der Waals surface area contributed by atoms with Crippen LogP contribution in [-0.4, -0.2) is 18.3 Å². The topological polar surface area (TPSA) is 12.0 Å². The summed E-state index contributed by atoms with van der Waals surface area (Å²) in [6, 6.07) is 15.2. The third-order valence-corrected chi connectivity index (χ3v) is 3.87. The van der Waals surface area contributed by atoms with Gasteiger partial charge in [-0.05, 0) is 22.9 Å². The molecular formula is C16H19NS. The second-order valence-electron chi connectivity index (χ2n) is 4.38. The Morgan fingerprint density at radius 3 is 2.78 bits per heavy atom. The van der Waals surface area contributed by atoms with Crippen molar-refractivity contribution in [1.29, 1.82) is 0 Å². The molecular weight excluding hydrogens is 238 g/mol. The van der Waals surface area contributed by atoms with Crippen molar-refractivity contribution in [3.63, 3.8) is 0 Å². The molecule has 0 radical (unpaired) electrons. The monoisotopic (exact) mass is 257 g/mol. The molecule has 1 nitrogen and oxygen atoms in total. The van der Waals surface area contributed by atoms with Crippen molar-refractivity contribution < 1.29 is 0 Å². The van der Waals surface area contributed by atoms with Gasteiger partial charge in [-0.2, -0.15) is 0 Å². The summed E-state index contributed by atoms with van der Waals surface area (Å²) in [4.78, 5) is 1.33. The molecule has 1 N–H and O–H groups in total. The maximum Gasteiger partial charge on any atom is 0.0191 e. The molecule has 0 bridgehead atoms. The highest BCUT2D eigenvalue weighted by atomic mass is 32.2. The Morgan fingerprint density at radius 1 is 1.22 bits per heavy atom.